The van der Waals surface area contributed by atoms with Crippen LogP contribution in [0, 0.1) is 5.82 Å². The molecule has 1 amide bonds. The predicted octanol–water partition coefficient (Wildman–Crippen LogP) is 5.52. The van der Waals surface area contributed by atoms with Gasteiger partial charge in [0, 0.05) is 31.1 Å². The maximum absolute atomic E-state index is 13.4. The number of halogens is 1. The lowest BCUT2D eigenvalue weighted by Gasteiger charge is -2.35. The summed E-state index contributed by atoms with van der Waals surface area (Å²) >= 11 is 1.52. The predicted molar refractivity (Wildman–Crippen MR) is 150 cm³/mol. The number of aryl methyl sites for hydroxylation is 1. The van der Waals surface area contributed by atoms with E-state index in [0.29, 0.717) is 6.54 Å². The van der Waals surface area contributed by atoms with Gasteiger partial charge in [-0.25, -0.2) is 19.2 Å². The molecule has 2 fully saturated rings. The van der Waals surface area contributed by atoms with Crippen LogP contribution in [-0.2, 0) is 11.2 Å². The van der Waals surface area contributed by atoms with Gasteiger partial charge < -0.3 is 19.4 Å². The molecule has 0 saturated carbocycles. The normalized spacial score (nSPS) is 18.8. The van der Waals surface area contributed by atoms with Gasteiger partial charge in [0.15, 0.2) is 16.6 Å². The van der Waals surface area contributed by atoms with E-state index in [1.54, 1.807) is 12.1 Å². The molecular formula is C28H32FN7O2S. The average Bonchev–Trinajstić information content (AvgIpc) is 3.69. The Balaban J connectivity index is 1.27. The first-order valence-electron chi connectivity index (χ1n) is 13.2. The topological polar surface area (TPSA) is 79.1 Å². The number of fused-ring (bicyclic) bond motifs is 3. The molecule has 204 valence electrons. The highest BCUT2D eigenvalue weighted by Gasteiger charge is 2.47. The van der Waals surface area contributed by atoms with Crippen molar-refractivity contribution in [3.63, 3.8) is 0 Å². The standard InChI is InChI=1S/C28H32FN7O2S/c1-6-21-25(33(5)26-31-22(16-39-26)17-7-9-18(29)10-8-17)36-23(30-21)11-12-24(32-36)34-14-20-13-19(34)15-35(20)27(37)38-28(2,3)4/h7-12,16,19-20H,6,13-15H2,1-5H3/t19-,20?/m0/s1. The Labute approximate surface area is 230 Å². The molecule has 2 aliphatic rings. The molecule has 9 nitrogen and oxygen atoms in total. The summed E-state index contributed by atoms with van der Waals surface area (Å²) in [7, 11) is 1.97. The SMILES string of the molecule is CCc1nc2ccc(N3CC4C[C@H]3CN4C(=O)OC(C)(C)C)nn2c1N(C)c1nc(-c2ccc(F)cc2)cs1. The molecule has 4 aromatic rings. The molecule has 2 aliphatic heterocycles. The van der Waals surface area contributed by atoms with Gasteiger partial charge in [0.25, 0.3) is 0 Å². The Morgan fingerprint density at radius 2 is 1.90 bits per heavy atom. The number of thiazole rings is 1. The molecule has 11 heteroatoms. The van der Waals surface area contributed by atoms with Gasteiger partial charge in [0.2, 0.25) is 0 Å². The lowest BCUT2D eigenvalue weighted by Crippen LogP contribution is -2.50. The highest BCUT2D eigenvalue weighted by Crippen LogP contribution is 2.37. The number of rotatable bonds is 5. The van der Waals surface area contributed by atoms with E-state index in [9.17, 15) is 9.18 Å². The Hall–Kier alpha value is -3.73. The number of piperazine rings is 1. The number of aromatic nitrogens is 4. The molecule has 6 rings (SSSR count). The van der Waals surface area contributed by atoms with Crippen molar-refractivity contribution in [3.05, 3.63) is 53.3 Å². The van der Waals surface area contributed by atoms with Gasteiger partial charge in [-0.15, -0.1) is 16.4 Å². The third kappa shape index (κ3) is 4.69. The first kappa shape index (κ1) is 25.5. The molecule has 5 heterocycles. The van der Waals surface area contributed by atoms with E-state index in [1.165, 1.54) is 23.5 Å². The monoisotopic (exact) mass is 549 g/mol. The minimum absolute atomic E-state index is 0.110. The second kappa shape index (κ2) is 9.48. The molecule has 0 spiro atoms. The first-order valence-corrected chi connectivity index (χ1v) is 14.1. The van der Waals surface area contributed by atoms with Crippen LogP contribution in [0.5, 0.6) is 0 Å². The van der Waals surface area contributed by atoms with E-state index in [-0.39, 0.29) is 24.0 Å². The van der Waals surface area contributed by atoms with Crippen LogP contribution >= 0.6 is 11.3 Å². The number of hydrogen-bond acceptors (Lipinski definition) is 8. The van der Waals surface area contributed by atoms with Gasteiger partial charge >= 0.3 is 6.09 Å². The maximum atomic E-state index is 13.4. The lowest BCUT2D eigenvalue weighted by atomic mass is 10.2. The lowest BCUT2D eigenvalue weighted by molar-refractivity contribution is 0.0214. The summed E-state index contributed by atoms with van der Waals surface area (Å²) in [6.45, 7) is 9.10. The maximum Gasteiger partial charge on any atom is 0.410 e. The van der Waals surface area contributed by atoms with Crippen molar-refractivity contribution in [3.8, 4) is 11.3 Å². The number of amides is 1. The largest absolute Gasteiger partial charge is 0.444 e. The first-order chi connectivity index (χ1) is 18.6. The Bertz CT molecular complexity index is 1530. The highest BCUT2D eigenvalue weighted by atomic mass is 32.1. The van der Waals surface area contributed by atoms with Crippen LogP contribution in [0.4, 0.5) is 26.0 Å². The third-order valence-electron chi connectivity index (χ3n) is 7.24. The fourth-order valence-electron chi connectivity index (χ4n) is 5.44. The minimum Gasteiger partial charge on any atom is -0.444 e. The molecule has 1 unspecified atom stereocenters. The number of anilines is 3. The summed E-state index contributed by atoms with van der Waals surface area (Å²) in [5, 5.41) is 7.81. The van der Waals surface area contributed by atoms with E-state index in [0.717, 1.165) is 58.8 Å². The summed E-state index contributed by atoms with van der Waals surface area (Å²) in [6, 6.07) is 10.7. The van der Waals surface area contributed by atoms with Crippen molar-refractivity contribution >= 4 is 39.8 Å². The smallest absolute Gasteiger partial charge is 0.410 e. The van der Waals surface area contributed by atoms with Crippen molar-refractivity contribution in [2.24, 2.45) is 0 Å². The van der Waals surface area contributed by atoms with Gasteiger partial charge in [-0.3, -0.25) is 0 Å². The van der Waals surface area contributed by atoms with E-state index >= 15 is 0 Å². The zero-order valence-electron chi connectivity index (χ0n) is 22.8. The van der Waals surface area contributed by atoms with E-state index in [2.05, 4.69) is 11.8 Å². The van der Waals surface area contributed by atoms with Crippen LogP contribution in [0.25, 0.3) is 16.9 Å². The molecule has 2 saturated heterocycles. The van der Waals surface area contributed by atoms with Gasteiger partial charge in [0.05, 0.1) is 23.5 Å². The van der Waals surface area contributed by atoms with Crippen LogP contribution in [0.2, 0.25) is 0 Å². The van der Waals surface area contributed by atoms with Crippen molar-refractivity contribution < 1.29 is 13.9 Å². The van der Waals surface area contributed by atoms with Crippen molar-refractivity contribution in [2.75, 3.05) is 29.9 Å². The molecule has 2 bridgehead atoms. The number of likely N-dealkylation sites (tertiary alicyclic amines) is 1. The minimum atomic E-state index is -0.511. The number of carbonyl (C=O) groups is 1. The van der Waals surface area contributed by atoms with Crippen molar-refractivity contribution in [2.45, 2.75) is 58.2 Å². The molecule has 0 radical (unpaired) electrons. The molecule has 0 N–H and O–H groups in total. The molecule has 3 aromatic heterocycles. The number of ether oxygens (including phenoxy) is 1. The second-order valence-corrected chi connectivity index (χ2v) is 11.9. The van der Waals surface area contributed by atoms with Crippen molar-refractivity contribution in [1.29, 1.82) is 0 Å². The second-order valence-electron chi connectivity index (χ2n) is 11.1. The summed E-state index contributed by atoms with van der Waals surface area (Å²) in [5.74, 6) is 1.46. The zero-order chi connectivity index (χ0) is 27.5. The van der Waals surface area contributed by atoms with Gasteiger partial charge in [-0.1, -0.05) is 6.92 Å². The summed E-state index contributed by atoms with van der Waals surface area (Å²) in [6.07, 6.45) is 1.40. The van der Waals surface area contributed by atoms with Crippen molar-refractivity contribution in [1.82, 2.24) is 24.5 Å². The number of imidazole rings is 1. The Morgan fingerprint density at radius 1 is 1.13 bits per heavy atom. The van der Waals surface area contributed by atoms with Crippen LogP contribution in [0.3, 0.4) is 0 Å². The van der Waals surface area contributed by atoms with Gasteiger partial charge in [0.1, 0.15) is 17.2 Å². The number of hydrogen-bond donors (Lipinski definition) is 0. The summed E-state index contributed by atoms with van der Waals surface area (Å²) in [5.41, 5.74) is 2.85. The molecular weight excluding hydrogens is 517 g/mol. The molecule has 0 aliphatic carbocycles. The van der Waals surface area contributed by atoms with Crippen LogP contribution in [-0.4, -0.2) is 68.4 Å². The van der Waals surface area contributed by atoms with Gasteiger partial charge in [-0.05, 0) is 70.0 Å². The van der Waals surface area contributed by atoms with E-state index < -0.39 is 5.60 Å². The van der Waals surface area contributed by atoms with Crippen LogP contribution in [0.1, 0.15) is 39.8 Å². The number of nitrogens with zero attached hydrogens (tertiary/aromatic N) is 7. The van der Waals surface area contributed by atoms with E-state index in [4.69, 9.17) is 19.8 Å². The van der Waals surface area contributed by atoms with Crippen LogP contribution < -0.4 is 9.80 Å². The fraction of sp³-hybridized carbons (Fsp3) is 0.429. The molecule has 2 atom stereocenters. The Morgan fingerprint density at radius 3 is 2.56 bits per heavy atom. The Kier molecular flexibility index (Phi) is 6.21. The fourth-order valence-corrected chi connectivity index (χ4v) is 6.24. The third-order valence-corrected chi connectivity index (χ3v) is 8.16. The number of carbonyl (C=O) groups excluding carboxylic acids is 1. The zero-order valence-corrected chi connectivity index (χ0v) is 23.6. The summed E-state index contributed by atoms with van der Waals surface area (Å²) < 4.78 is 20.9. The van der Waals surface area contributed by atoms with E-state index in [1.807, 2.05) is 59.6 Å². The molecule has 39 heavy (non-hydrogen) atoms. The highest BCUT2D eigenvalue weighted by molar-refractivity contribution is 7.14. The van der Waals surface area contributed by atoms with Crippen LogP contribution in [0.15, 0.2) is 41.8 Å². The van der Waals surface area contributed by atoms with Gasteiger partial charge in [-0.2, -0.15) is 4.52 Å². The molecule has 1 aromatic carbocycles. The number of benzene rings is 1. The summed E-state index contributed by atoms with van der Waals surface area (Å²) in [4.78, 5) is 28.5. The average molecular weight is 550 g/mol. The quantitative estimate of drug-likeness (QED) is 0.324.